The molecular formula is C31H38F3N3O4. The van der Waals surface area contributed by atoms with Crippen LogP contribution < -0.4 is 16.2 Å². The molecule has 0 amide bonds. The van der Waals surface area contributed by atoms with Crippen LogP contribution in [0.4, 0.5) is 19.0 Å². The molecule has 0 aliphatic carbocycles. The zero-order chi connectivity index (χ0) is 31.1. The van der Waals surface area contributed by atoms with Crippen molar-refractivity contribution in [1.82, 2.24) is 9.88 Å². The molecule has 0 unspecified atom stereocenters. The summed E-state index contributed by atoms with van der Waals surface area (Å²) in [6, 6.07) is 7.29. The van der Waals surface area contributed by atoms with Crippen molar-refractivity contribution in [2.75, 3.05) is 18.9 Å². The Bertz CT molecular complexity index is 1440. The highest BCUT2D eigenvalue weighted by Crippen LogP contribution is 2.27. The lowest BCUT2D eigenvalue weighted by Gasteiger charge is -2.23. The van der Waals surface area contributed by atoms with Crippen LogP contribution in [0.5, 0.6) is 0 Å². The fourth-order valence-electron chi connectivity index (χ4n) is 4.15. The number of rotatable bonds is 9. The number of nitrogens with zero attached hydrogens (tertiary/aromatic N) is 1. The number of carbonyl (C=O) groups is 2. The van der Waals surface area contributed by atoms with E-state index in [4.69, 9.17) is 4.74 Å². The molecule has 0 radical (unpaired) electrons. The molecule has 10 heteroatoms. The van der Waals surface area contributed by atoms with Gasteiger partial charge in [0.05, 0.1) is 16.8 Å². The van der Waals surface area contributed by atoms with E-state index in [1.165, 1.54) is 19.2 Å². The van der Waals surface area contributed by atoms with Crippen LogP contribution in [0.3, 0.4) is 0 Å². The van der Waals surface area contributed by atoms with Crippen molar-refractivity contribution in [3.63, 3.8) is 0 Å². The average molecular weight is 574 g/mol. The minimum atomic E-state index is -1.05. The van der Waals surface area contributed by atoms with Crippen LogP contribution in [0, 0.1) is 24.4 Å². The maximum Gasteiger partial charge on any atom is 0.323 e. The molecule has 3 rings (SSSR count). The molecule has 1 atom stereocenters. The molecule has 0 aliphatic heterocycles. The van der Waals surface area contributed by atoms with Gasteiger partial charge in [-0.15, -0.1) is 0 Å². The highest BCUT2D eigenvalue weighted by molar-refractivity contribution is 6.12. The number of anilines is 1. The summed E-state index contributed by atoms with van der Waals surface area (Å²) in [5, 5.41) is 5.81. The largest absolute Gasteiger partial charge is 0.459 e. The maximum absolute atomic E-state index is 15.5. The van der Waals surface area contributed by atoms with E-state index in [2.05, 4.69) is 10.6 Å². The molecule has 7 nitrogen and oxygen atoms in total. The number of pyridine rings is 1. The Balaban J connectivity index is 0.00000287. The smallest absolute Gasteiger partial charge is 0.323 e. The Labute approximate surface area is 238 Å². The van der Waals surface area contributed by atoms with Crippen LogP contribution in [0.25, 0.3) is 5.69 Å². The standard InChI is InChI=1S/C29H32F3N3O4.C2H6/c1-16-13-18(11-12-34-17(2)28(38)39-29(3,4)5)14-23(32)25(16)35-24(36)10-9-21(27(35)33-6)26(37)20-8-7-19(30)15-22(20)31;1-2/h7-10,13-15,17,33-34H,11-12H2,1-6H3;1-2H3/t17-;/m0./s1. The SMILES string of the molecule is CC.CNc1c(C(=O)c2ccc(F)cc2F)ccc(=O)n1-c1c(C)cc(CCN[C@@H](C)C(=O)OC(C)(C)C)cc1F. The van der Waals surface area contributed by atoms with Gasteiger partial charge in [0.2, 0.25) is 0 Å². The topological polar surface area (TPSA) is 89.4 Å². The maximum atomic E-state index is 15.5. The van der Waals surface area contributed by atoms with Crippen molar-refractivity contribution in [3.05, 3.63) is 92.5 Å². The van der Waals surface area contributed by atoms with Crippen LogP contribution in [-0.2, 0) is 16.0 Å². The number of aromatic nitrogens is 1. The predicted molar refractivity (Wildman–Crippen MR) is 154 cm³/mol. The van der Waals surface area contributed by atoms with Gasteiger partial charge >= 0.3 is 5.97 Å². The predicted octanol–water partition coefficient (Wildman–Crippen LogP) is 5.72. The van der Waals surface area contributed by atoms with Crippen LogP contribution in [0.15, 0.2) is 47.3 Å². The van der Waals surface area contributed by atoms with Gasteiger partial charge in [-0.3, -0.25) is 19.0 Å². The minimum absolute atomic E-state index is 0.0428. The summed E-state index contributed by atoms with van der Waals surface area (Å²) in [6.07, 6.45) is 0.390. The van der Waals surface area contributed by atoms with E-state index in [0.29, 0.717) is 30.2 Å². The first-order valence-corrected chi connectivity index (χ1v) is 13.4. The van der Waals surface area contributed by atoms with E-state index < -0.39 is 52.0 Å². The van der Waals surface area contributed by atoms with E-state index in [9.17, 15) is 23.2 Å². The second-order valence-electron chi connectivity index (χ2n) is 10.2. The third-order valence-corrected chi connectivity index (χ3v) is 5.91. The number of carbonyl (C=O) groups excluding carboxylic acids is 2. The van der Waals surface area contributed by atoms with Gasteiger partial charge in [-0.2, -0.15) is 0 Å². The van der Waals surface area contributed by atoms with Gasteiger partial charge in [0.1, 0.15) is 34.9 Å². The molecule has 3 aromatic rings. The molecule has 0 spiro atoms. The van der Waals surface area contributed by atoms with Gasteiger partial charge in [-0.25, -0.2) is 13.2 Å². The lowest BCUT2D eigenvalue weighted by Crippen LogP contribution is -2.40. The first-order chi connectivity index (χ1) is 19.2. The van der Waals surface area contributed by atoms with Crippen LogP contribution >= 0.6 is 0 Å². The summed E-state index contributed by atoms with van der Waals surface area (Å²) >= 11 is 0. The highest BCUT2D eigenvalue weighted by Gasteiger charge is 2.24. The average Bonchev–Trinajstić information content (AvgIpc) is 2.88. The number of aryl methyl sites for hydroxylation is 1. The minimum Gasteiger partial charge on any atom is -0.459 e. The number of esters is 1. The second-order valence-corrected chi connectivity index (χ2v) is 10.2. The molecule has 1 heterocycles. The van der Waals surface area contributed by atoms with Gasteiger partial charge in [0.15, 0.2) is 5.78 Å². The van der Waals surface area contributed by atoms with Gasteiger partial charge in [-0.05, 0) is 83.0 Å². The first-order valence-electron chi connectivity index (χ1n) is 13.4. The van der Waals surface area contributed by atoms with Crippen LogP contribution in [0.1, 0.15) is 68.6 Å². The summed E-state index contributed by atoms with van der Waals surface area (Å²) in [5.74, 6) is -3.84. The summed E-state index contributed by atoms with van der Waals surface area (Å²) in [6.45, 7) is 13.0. The second kappa shape index (κ2) is 14.1. The number of ether oxygens (including phenoxy) is 1. The number of benzene rings is 2. The third-order valence-electron chi connectivity index (χ3n) is 5.91. The van der Waals surface area contributed by atoms with Gasteiger partial charge in [-0.1, -0.05) is 19.9 Å². The molecular weight excluding hydrogens is 535 g/mol. The first kappa shape index (κ1) is 33.3. The summed E-state index contributed by atoms with van der Waals surface area (Å²) in [4.78, 5) is 38.2. The molecule has 41 heavy (non-hydrogen) atoms. The fourth-order valence-corrected chi connectivity index (χ4v) is 4.15. The van der Waals surface area contributed by atoms with Gasteiger partial charge in [0.25, 0.3) is 5.56 Å². The molecule has 0 aliphatic rings. The molecule has 1 aromatic heterocycles. The highest BCUT2D eigenvalue weighted by atomic mass is 19.1. The molecule has 0 bridgehead atoms. The summed E-state index contributed by atoms with van der Waals surface area (Å²) in [5.41, 5.74) is -0.735. The molecule has 0 fully saturated rings. The van der Waals surface area contributed by atoms with Gasteiger partial charge < -0.3 is 15.4 Å². The number of hydrogen-bond donors (Lipinski definition) is 2. The van der Waals surface area contributed by atoms with Crippen molar-refractivity contribution < 1.29 is 27.5 Å². The lowest BCUT2D eigenvalue weighted by atomic mass is 10.0. The molecule has 0 saturated carbocycles. The van der Waals surface area contributed by atoms with Crippen molar-refractivity contribution in [2.45, 2.75) is 66.5 Å². The van der Waals surface area contributed by atoms with Crippen LogP contribution in [-0.4, -0.2) is 41.6 Å². The normalized spacial score (nSPS) is 11.8. The molecule has 2 aromatic carbocycles. The fraction of sp³-hybridized carbons (Fsp3) is 0.387. The van der Waals surface area contributed by atoms with Crippen molar-refractivity contribution in [1.29, 1.82) is 0 Å². The zero-order valence-corrected chi connectivity index (χ0v) is 24.7. The van der Waals surface area contributed by atoms with Crippen molar-refractivity contribution in [2.24, 2.45) is 0 Å². The van der Waals surface area contributed by atoms with E-state index in [-0.39, 0.29) is 17.1 Å². The quantitative estimate of drug-likeness (QED) is 0.251. The van der Waals surface area contributed by atoms with Crippen LogP contribution in [0.2, 0.25) is 0 Å². The Morgan fingerprint density at radius 2 is 1.61 bits per heavy atom. The Morgan fingerprint density at radius 1 is 0.976 bits per heavy atom. The Hall–Kier alpha value is -3.92. The summed E-state index contributed by atoms with van der Waals surface area (Å²) in [7, 11) is 1.45. The zero-order valence-electron chi connectivity index (χ0n) is 24.7. The van der Waals surface area contributed by atoms with Crippen molar-refractivity contribution >= 4 is 17.6 Å². The van der Waals surface area contributed by atoms with Crippen molar-refractivity contribution in [3.8, 4) is 5.69 Å². The molecule has 222 valence electrons. The van der Waals surface area contributed by atoms with E-state index in [1.54, 1.807) is 40.7 Å². The number of hydrogen-bond acceptors (Lipinski definition) is 6. The van der Waals surface area contributed by atoms with Gasteiger partial charge in [0, 0.05) is 19.2 Å². The molecule has 2 N–H and O–H groups in total. The summed E-state index contributed by atoms with van der Waals surface area (Å²) < 4.78 is 49.5. The van der Waals surface area contributed by atoms with E-state index in [1.807, 2.05) is 13.8 Å². The third kappa shape index (κ3) is 8.29. The number of nitrogens with one attached hydrogen (secondary N) is 2. The lowest BCUT2D eigenvalue weighted by molar-refractivity contribution is -0.156. The van der Waals surface area contributed by atoms with E-state index >= 15 is 4.39 Å². The van der Waals surface area contributed by atoms with E-state index in [0.717, 1.165) is 22.8 Å². The molecule has 0 saturated heterocycles. The number of ketones is 1. The monoisotopic (exact) mass is 573 g/mol. The Kier molecular flexibility index (Phi) is 11.5. The Morgan fingerprint density at radius 3 is 2.17 bits per heavy atom. The number of halogens is 3.